The van der Waals surface area contributed by atoms with Crippen molar-refractivity contribution in [3.8, 4) is 0 Å². The van der Waals surface area contributed by atoms with E-state index in [9.17, 15) is 4.79 Å². The summed E-state index contributed by atoms with van der Waals surface area (Å²) in [4.78, 5) is 19.5. The number of halogens is 1. The Morgan fingerprint density at radius 3 is 2.61 bits per heavy atom. The lowest BCUT2D eigenvalue weighted by molar-refractivity contribution is -0.120. The maximum Gasteiger partial charge on any atom is 0.265 e. The van der Waals surface area contributed by atoms with Crippen LogP contribution in [0.5, 0.6) is 0 Å². The number of carbonyl (C=O) groups is 1. The number of fused-ring (bicyclic) bond motifs is 1. The highest BCUT2D eigenvalue weighted by Gasteiger charge is 2.10. The Labute approximate surface area is 189 Å². The monoisotopic (exact) mass is 450 g/mol. The second kappa shape index (κ2) is 9.73. The van der Waals surface area contributed by atoms with E-state index in [1.807, 2.05) is 78.9 Å². The number of nitrogens with zero attached hydrogens (tertiary/aromatic N) is 1. The van der Waals surface area contributed by atoms with Gasteiger partial charge in [-0.1, -0.05) is 58.9 Å². The van der Waals surface area contributed by atoms with Gasteiger partial charge in [-0.05, 0) is 55.5 Å². The second-order valence-corrected chi connectivity index (χ2v) is 8.25. The van der Waals surface area contributed by atoms with Gasteiger partial charge in [-0.3, -0.25) is 4.79 Å². The quantitative estimate of drug-likeness (QED) is 0.254. The predicted molar refractivity (Wildman–Crippen MR) is 125 cm³/mol. The van der Waals surface area contributed by atoms with Gasteiger partial charge in [-0.25, -0.2) is 0 Å². The molecule has 1 amide bonds. The first-order chi connectivity index (χ1) is 15.1. The van der Waals surface area contributed by atoms with Crippen molar-refractivity contribution in [2.45, 2.75) is 16.7 Å². The van der Waals surface area contributed by atoms with E-state index >= 15 is 0 Å². The molecule has 0 fully saturated rings. The number of carbonyl (C=O) groups excluding carboxylic acids is 1. The Hall–Kier alpha value is -3.22. The van der Waals surface area contributed by atoms with Crippen LogP contribution in [0.4, 0.5) is 5.69 Å². The lowest BCUT2D eigenvalue weighted by Gasteiger charge is -2.10. The lowest BCUT2D eigenvalue weighted by atomic mass is 10.2. The molecule has 5 nitrogen and oxygen atoms in total. The molecule has 0 radical (unpaired) electrons. The Balaban J connectivity index is 1.36. The highest BCUT2D eigenvalue weighted by molar-refractivity contribution is 7.99. The minimum absolute atomic E-state index is 0.211. The summed E-state index contributed by atoms with van der Waals surface area (Å²) < 4.78 is 5.74. The summed E-state index contributed by atoms with van der Waals surface area (Å²) in [6.45, 7) is 1.56. The van der Waals surface area contributed by atoms with Crippen LogP contribution >= 0.6 is 23.4 Å². The molecule has 1 N–H and O–H groups in total. The topological polar surface area (TPSA) is 63.8 Å². The number of hydrogen-bond acceptors (Lipinski definition) is 5. The van der Waals surface area contributed by atoms with Crippen LogP contribution in [-0.2, 0) is 9.63 Å². The van der Waals surface area contributed by atoms with Crippen molar-refractivity contribution in [1.82, 2.24) is 0 Å². The first-order valence-corrected chi connectivity index (χ1v) is 10.8. The molecule has 0 aliphatic rings. The van der Waals surface area contributed by atoms with Gasteiger partial charge in [0.1, 0.15) is 11.3 Å². The molecule has 0 atom stereocenters. The number of hydrogen-bond donors (Lipinski definition) is 1. The van der Waals surface area contributed by atoms with Crippen LogP contribution in [0.25, 0.3) is 11.0 Å². The summed E-state index contributed by atoms with van der Waals surface area (Å²) in [7, 11) is 0. The van der Waals surface area contributed by atoms with Gasteiger partial charge in [0, 0.05) is 20.2 Å². The Kier molecular flexibility index (Phi) is 6.60. The number of furan rings is 1. The van der Waals surface area contributed by atoms with Crippen LogP contribution in [0.3, 0.4) is 0 Å². The summed E-state index contributed by atoms with van der Waals surface area (Å²) >= 11 is 7.49. The van der Waals surface area contributed by atoms with Crippen molar-refractivity contribution in [1.29, 1.82) is 0 Å². The van der Waals surface area contributed by atoms with E-state index in [1.54, 1.807) is 6.92 Å². The fraction of sp³-hybridized carbons (Fsp3) is 0.0833. The first-order valence-electron chi connectivity index (χ1n) is 9.56. The molecule has 0 unspecified atom stereocenters. The number of amides is 1. The van der Waals surface area contributed by atoms with Gasteiger partial charge in [-0.15, -0.1) is 0 Å². The molecule has 31 heavy (non-hydrogen) atoms. The molecule has 3 aromatic carbocycles. The molecule has 0 aliphatic carbocycles. The van der Waals surface area contributed by atoms with Gasteiger partial charge in [0.05, 0.1) is 5.69 Å². The zero-order chi connectivity index (χ0) is 21.6. The number of anilines is 1. The van der Waals surface area contributed by atoms with E-state index in [0.717, 1.165) is 20.8 Å². The van der Waals surface area contributed by atoms with Gasteiger partial charge in [0.15, 0.2) is 12.4 Å². The Morgan fingerprint density at radius 2 is 1.81 bits per heavy atom. The smallest absolute Gasteiger partial charge is 0.265 e. The number of benzene rings is 3. The zero-order valence-corrected chi connectivity index (χ0v) is 18.2. The molecule has 156 valence electrons. The van der Waals surface area contributed by atoms with Gasteiger partial charge >= 0.3 is 0 Å². The maximum atomic E-state index is 12.4. The second-order valence-electron chi connectivity index (χ2n) is 6.70. The maximum absolute atomic E-state index is 12.4. The Bertz CT molecular complexity index is 1200. The van der Waals surface area contributed by atoms with E-state index in [0.29, 0.717) is 22.2 Å². The van der Waals surface area contributed by atoms with Crippen molar-refractivity contribution in [2.24, 2.45) is 5.16 Å². The standard InChI is InChI=1S/C24H19ClN2O3S/c1-16(22-14-17-6-2-4-8-21(17)30-22)27-29-15-24(28)26-20-7-3-5-9-23(20)31-19-12-10-18(25)11-13-19/h2-14H,15H2,1H3,(H,26,28)/b27-16+. The third-order valence-electron chi connectivity index (χ3n) is 4.38. The van der Waals surface area contributed by atoms with E-state index in [1.165, 1.54) is 11.8 Å². The van der Waals surface area contributed by atoms with Crippen molar-refractivity contribution in [3.05, 3.63) is 89.6 Å². The van der Waals surface area contributed by atoms with Crippen LogP contribution in [0.1, 0.15) is 12.7 Å². The van der Waals surface area contributed by atoms with E-state index in [-0.39, 0.29) is 12.5 Å². The summed E-state index contributed by atoms with van der Waals surface area (Å²) in [6, 6.07) is 24.7. The largest absolute Gasteiger partial charge is 0.455 e. The molecular weight excluding hydrogens is 432 g/mol. The first kappa shape index (κ1) is 21.0. The SMILES string of the molecule is C/C(=N\OCC(=O)Nc1ccccc1Sc1ccc(Cl)cc1)c1cc2ccccc2o1. The van der Waals surface area contributed by atoms with Crippen LogP contribution in [0.2, 0.25) is 5.02 Å². The average molecular weight is 451 g/mol. The average Bonchev–Trinajstić information content (AvgIpc) is 3.21. The summed E-state index contributed by atoms with van der Waals surface area (Å²) in [5, 5.41) is 8.56. The Morgan fingerprint density at radius 1 is 1.06 bits per heavy atom. The van der Waals surface area contributed by atoms with E-state index in [2.05, 4.69) is 10.5 Å². The van der Waals surface area contributed by atoms with Crippen LogP contribution in [-0.4, -0.2) is 18.2 Å². The van der Waals surface area contributed by atoms with Crippen LogP contribution in [0, 0.1) is 0 Å². The molecule has 0 saturated carbocycles. The zero-order valence-electron chi connectivity index (χ0n) is 16.7. The summed E-state index contributed by atoms with van der Waals surface area (Å²) in [6.07, 6.45) is 0. The molecule has 0 bridgehead atoms. The van der Waals surface area contributed by atoms with Gasteiger partial charge < -0.3 is 14.6 Å². The van der Waals surface area contributed by atoms with Crippen molar-refractivity contribution in [2.75, 3.05) is 11.9 Å². The summed E-state index contributed by atoms with van der Waals surface area (Å²) in [5.41, 5.74) is 2.04. The molecule has 1 aromatic heterocycles. The van der Waals surface area contributed by atoms with Gasteiger partial charge in [0.2, 0.25) is 0 Å². The number of oxime groups is 1. The molecule has 4 aromatic rings. The van der Waals surface area contributed by atoms with E-state index in [4.69, 9.17) is 20.9 Å². The highest BCUT2D eigenvalue weighted by atomic mass is 35.5. The van der Waals surface area contributed by atoms with Crippen LogP contribution in [0.15, 0.2) is 98.2 Å². The molecule has 4 rings (SSSR count). The highest BCUT2D eigenvalue weighted by Crippen LogP contribution is 2.33. The van der Waals surface area contributed by atoms with E-state index < -0.39 is 0 Å². The van der Waals surface area contributed by atoms with Crippen molar-refractivity contribution < 1.29 is 14.0 Å². The van der Waals surface area contributed by atoms with Gasteiger partial charge in [0.25, 0.3) is 5.91 Å². The number of para-hydroxylation sites is 2. The third kappa shape index (κ3) is 5.48. The van der Waals surface area contributed by atoms with Crippen molar-refractivity contribution >= 4 is 51.6 Å². The number of nitrogens with one attached hydrogen (secondary N) is 1. The number of rotatable bonds is 7. The van der Waals surface area contributed by atoms with Crippen molar-refractivity contribution in [3.63, 3.8) is 0 Å². The normalized spacial score (nSPS) is 11.5. The fourth-order valence-corrected chi connectivity index (χ4v) is 3.90. The van der Waals surface area contributed by atoms with Crippen LogP contribution < -0.4 is 5.32 Å². The minimum Gasteiger partial charge on any atom is -0.455 e. The molecule has 0 saturated heterocycles. The third-order valence-corrected chi connectivity index (χ3v) is 5.72. The predicted octanol–water partition coefficient (Wildman–Crippen LogP) is 6.62. The molecule has 7 heteroatoms. The molecule has 1 heterocycles. The van der Waals surface area contributed by atoms with Gasteiger partial charge in [-0.2, -0.15) is 0 Å². The molecule has 0 aliphatic heterocycles. The summed E-state index contributed by atoms with van der Waals surface area (Å²) in [5.74, 6) is 0.302. The molecule has 0 spiro atoms. The molecular formula is C24H19ClN2O3S. The minimum atomic E-state index is -0.301. The fourth-order valence-electron chi connectivity index (χ4n) is 2.87. The lowest BCUT2D eigenvalue weighted by Crippen LogP contribution is -2.17.